The van der Waals surface area contributed by atoms with Gasteiger partial charge in [0.25, 0.3) is 0 Å². The van der Waals surface area contributed by atoms with E-state index in [4.69, 9.17) is 11.6 Å². The van der Waals surface area contributed by atoms with Crippen LogP contribution in [0.1, 0.15) is 11.8 Å². The molecular weight excluding hydrogens is 304 g/mol. The van der Waals surface area contributed by atoms with Crippen molar-refractivity contribution < 1.29 is 0 Å². The number of fused-ring (bicyclic) bond motifs is 1. The second-order valence-electron chi connectivity index (χ2n) is 4.61. The fraction of sp³-hybridized carbons (Fsp3) is 0.200. The smallest absolute Gasteiger partial charge is 0.226 e. The first-order valence-electron chi connectivity index (χ1n) is 6.71. The molecular formula is C15H15ClN4S. The Balaban J connectivity index is 2.09. The molecule has 6 heteroatoms. The molecule has 21 heavy (non-hydrogen) atoms. The molecule has 0 saturated heterocycles. The third-order valence-electron chi connectivity index (χ3n) is 2.98. The van der Waals surface area contributed by atoms with Gasteiger partial charge in [0, 0.05) is 11.4 Å². The first-order valence-corrected chi connectivity index (χ1v) is 7.90. The highest BCUT2D eigenvalue weighted by atomic mass is 35.5. The maximum atomic E-state index is 6.21. The number of hydrogen-bond donors (Lipinski definition) is 2. The Morgan fingerprint density at radius 2 is 2.05 bits per heavy atom. The predicted molar refractivity (Wildman–Crippen MR) is 91.1 cm³/mol. The summed E-state index contributed by atoms with van der Waals surface area (Å²) in [5, 5.41) is 8.15. The number of nitrogens with zero attached hydrogens (tertiary/aromatic N) is 2. The molecule has 2 heterocycles. The number of anilines is 3. The van der Waals surface area contributed by atoms with E-state index in [0.29, 0.717) is 11.0 Å². The summed E-state index contributed by atoms with van der Waals surface area (Å²) in [5.41, 5.74) is 0.838. The Hall–Kier alpha value is -1.85. The fourth-order valence-corrected chi connectivity index (χ4v) is 3.13. The monoisotopic (exact) mass is 318 g/mol. The number of rotatable bonds is 4. The number of aromatic nitrogens is 2. The molecule has 0 amide bonds. The van der Waals surface area contributed by atoms with E-state index in [0.717, 1.165) is 28.3 Å². The average Bonchev–Trinajstić information content (AvgIpc) is 2.82. The first-order chi connectivity index (χ1) is 10.2. The van der Waals surface area contributed by atoms with Crippen LogP contribution in [0.4, 0.5) is 17.5 Å². The highest BCUT2D eigenvalue weighted by Crippen LogP contribution is 2.32. The molecule has 1 aromatic carbocycles. The van der Waals surface area contributed by atoms with Crippen LogP contribution in [-0.2, 0) is 0 Å². The molecule has 0 aliphatic rings. The molecule has 0 aliphatic carbocycles. The Morgan fingerprint density at radius 3 is 2.81 bits per heavy atom. The Bertz CT molecular complexity index is 784. The van der Waals surface area contributed by atoms with Crippen LogP contribution in [0.5, 0.6) is 0 Å². The molecule has 0 radical (unpaired) electrons. The minimum Gasteiger partial charge on any atom is -0.354 e. The number of aryl methyl sites for hydroxylation is 1. The minimum atomic E-state index is 0.626. The van der Waals surface area contributed by atoms with Gasteiger partial charge in [0.15, 0.2) is 0 Å². The van der Waals surface area contributed by atoms with Gasteiger partial charge >= 0.3 is 0 Å². The second-order valence-corrected chi connectivity index (χ2v) is 6.25. The van der Waals surface area contributed by atoms with Gasteiger partial charge in [-0.3, -0.25) is 0 Å². The summed E-state index contributed by atoms with van der Waals surface area (Å²) in [4.78, 5) is 11.3. The lowest BCUT2D eigenvalue weighted by atomic mass is 10.3. The molecule has 0 aliphatic heterocycles. The molecule has 2 N–H and O–H groups in total. The van der Waals surface area contributed by atoms with E-state index < -0.39 is 0 Å². The summed E-state index contributed by atoms with van der Waals surface area (Å²) < 4.78 is 0. The number of nitrogens with one attached hydrogen (secondary N) is 2. The number of para-hydroxylation sites is 1. The Kier molecular flexibility index (Phi) is 3.94. The second kappa shape index (κ2) is 5.87. The summed E-state index contributed by atoms with van der Waals surface area (Å²) >= 11 is 7.87. The van der Waals surface area contributed by atoms with Crippen molar-refractivity contribution in [2.24, 2.45) is 0 Å². The van der Waals surface area contributed by atoms with Crippen molar-refractivity contribution in [3.63, 3.8) is 0 Å². The molecule has 0 spiro atoms. The van der Waals surface area contributed by atoms with Crippen molar-refractivity contribution in [2.75, 3.05) is 17.2 Å². The van der Waals surface area contributed by atoms with Crippen LogP contribution < -0.4 is 10.6 Å². The summed E-state index contributed by atoms with van der Waals surface area (Å²) in [7, 11) is 0. The van der Waals surface area contributed by atoms with Crippen LogP contribution in [0.3, 0.4) is 0 Å². The molecule has 108 valence electrons. The van der Waals surface area contributed by atoms with Crippen LogP contribution in [-0.4, -0.2) is 16.5 Å². The highest BCUT2D eigenvalue weighted by Gasteiger charge is 2.11. The minimum absolute atomic E-state index is 0.626. The number of hydrogen-bond acceptors (Lipinski definition) is 5. The third kappa shape index (κ3) is 2.94. The van der Waals surface area contributed by atoms with Crippen LogP contribution >= 0.6 is 22.9 Å². The van der Waals surface area contributed by atoms with Crippen LogP contribution in [0.15, 0.2) is 30.3 Å². The van der Waals surface area contributed by atoms with Crippen LogP contribution in [0.25, 0.3) is 10.2 Å². The van der Waals surface area contributed by atoms with Crippen molar-refractivity contribution in [3.8, 4) is 0 Å². The van der Waals surface area contributed by atoms with Crippen LogP contribution in [0, 0.1) is 6.92 Å². The van der Waals surface area contributed by atoms with Crippen LogP contribution in [0.2, 0.25) is 5.02 Å². The van der Waals surface area contributed by atoms with Crippen molar-refractivity contribution in [2.45, 2.75) is 13.8 Å². The predicted octanol–water partition coefficient (Wildman–Crippen LogP) is 4.83. The number of thiophene rings is 1. The van der Waals surface area contributed by atoms with E-state index in [2.05, 4.69) is 33.6 Å². The standard InChI is InChI=1S/C15H15ClN4S/c1-3-17-15-19-13(10-8-9(2)21-14(10)20-15)18-12-7-5-4-6-11(12)16/h4-8H,3H2,1-2H3,(H2,17,18,19,20). The summed E-state index contributed by atoms with van der Waals surface area (Å²) in [5.74, 6) is 1.40. The van der Waals surface area contributed by atoms with E-state index in [1.165, 1.54) is 4.88 Å². The van der Waals surface area contributed by atoms with Gasteiger partial charge in [-0.2, -0.15) is 4.98 Å². The molecule has 4 nitrogen and oxygen atoms in total. The molecule has 0 atom stereocenters. The molecule has 3 aromatic rings. The van der Waals surface area contributed by atoms with Gasteiger partial charge in [-0.05, 0) is 32.0 Å². The molecule has 3 rings (SSSR count). The largest absolute Gasteiger partial charge is 0.354 e. The lowest BCUT2D eigenvalue weighted by Crippen LogP contribution is -2.04. The van der Waals surface area contributed by atoms with Crippen molar-refractivity contribution >= 4 is 50.6 Å². The summed E-state index contributed by atoms with van der Waals surface area (Å²) in [6.45, 7) is 4.87. The van der Waals surface area contributed by atoms with E-state index in [1.54, 1.807) is 11.3 Å². The summed E-state index contributed by atoms with van der Waals surface area (Å²) in [6.07, 6.45) is 0. The summed E-state index contributed by atoms with van der Waals surface area (Å²) in [6, 6.07) is 9.72. The normalized spacial score (nSPS) is 10.8. The van der Waals surface area contributed by atoms with Gasteiger partial charge in [-0.15, -0.1) is 11.3 Å². The first kappa shape index (κ1) is 14.1. The van der Waals surface area contributed by atoms with Gasteiger partial charge in [0.1, 0.15) is 10.6 Å². The lowest BCUT2D eigenvalue weighted by molar-refractivity contribution is 1.11. The van der Waals surface area contributed by atoms with E-state index in [-0.39, 0.29) is 0 Å². The zero-order valence-electron chi connectivity index (χ0n) is 11.8. The molecule has 0 unspecified atom stereocenters. The van der Waals surface area contributed by atoms with Gasteiger partial charge < -0.3 is 10.6 Å². The maximum Gasteiger partial charge on any atom is 0.226 e. The zero-order valence-corrected chi connectivity index (χ0v) is 13.3. The van der Waals surface area contributed by atoms with E-state index >= 15 is 0 Å². The SMILES string of the molecule is CCNc1nc(Nc2ccccc2Cl)c2cc(C)sc2n1. The molecule has 0 bridgehead atoms. The van der Waals surface area contributed by atoms with Gasteiger partial charge in [-0.25, -0.2) is 4.98 Å². The number of benzene rings is 1. The zero-order chi connectivity index (χ0) is 14.8. The van der Waals surface area contributed by atoms with Gasteiger partial charge in [-0.1, -0.05) is 23.7 Å². The molecule has 2 aromatic heterocycles. The Morgan fingerprint density at radius 1 is 1.24 bits per heavy atom. The average molecular weight is 319 g/mol. The third-order valence-corrected chi connectivity index (χ3v) is 4.25. The fourth-order valence-electron chi connectivity index (χ4n) is 2.06. The van der Waals surface area contributed by atoms with Gasteiger partial charge in [0.05, 0.1) is 16.1 Å². The van der Waals surface area contributed by atoms with Crippen molar-refractivity contribution in [1.29, 1.82) is 0 Å². The van der Waals surface area contributed by atoms with E-state index in [1.807, 2.05) is 31.2 Å². The lowest BCUT2D eigenvalue weighted by Gasteiger charge is -2.10. The Labute approximate surface area is 132 Å². The van der Waals surface area contributed by atoms with Crippen molar-refractivity contribution in [3.05, 3.63) is 40.2 Å². The van der Waals surface area contributed by atoms with E-state index in [9.17, 15) is 0 Å². The molecule has 0 fully saturated rings. The quantitative estimate of drug-likeness (QED) is 0.723. The van der Waals surface area contributed by atoms with Gasteiger partial charge in [0.2, 0.25) is 5.95 Å². The topological polar surface area (TPSA) is 49.8 Å². The van der Waals surface area contributed by atoms with Crippen molar-refractivity contribution in [1.82, 2.24) is 9.97 Å². The molecule has 0 saturated carbocycles. The maximum absolute atomic E-state index is 6.21. The number of halogens is 1. The highest BCUT2D eigenvalue weighted by molar-refractivity contribution is 7.18.